The van der Waals surface area contributed by atoms with E-state index in [2.05, 4.69) is 4.98 Å². The maximum atomic E-state index is 12.3. The SMILES string of the molecule is COc1ccc2c(c1)C(=O)C(=Cc1cccnc1)C2. The summed E-state index contributed by atoms with van der Waals surface area (Å²) in [5.74, 6) is 0.799. The van der Waals surface area contributed by atoms with Crippen molar-refractivity contribution in [2.75, 3.05) is 7.11 Å². The lowest BCUT2D eigenvalue weighted by Gasteiger charge is -2.01. The van der Waals surface area contributed by atoms with Gasteiger partial charge in [-0.2, -0.15) is 0 Å². The molecule has 0 N–H and O–H groups in total. The first kappa shape index (κ1) is 11.7. The molecule has 0 unspecified atom stereocenters. The second kappa shape index (κ2) is 4.69. The summed E-state index contributed by atoms with van der Waals surface area (Å²) in [6.45, 7) is 0. The average Bonchev–Trinajstić information content (AvgIpc) is 2.76. The van der Waals surface area contributed by atoms with Crippen LogP contribution >= 0.6 is 0 Å². The Balaban J connectivity index is 1.97. The first-order valence-electron chi connectivity index (χ1n) is 6.10. The van der Waals surface area contributed by atoms with E-state index >= 15 is 0 Å². The van der Waals surface area contributed by atoms with Crippen molar-refractivity contribution >= 4 is 11.9 Å². The molecule has 1 heterocycles. The van der Waals surface area contributed by atoms with E-state index in [1.807, 2.05) is 36.4 Å². The average molecular weight is 251 g/mol. The van der Waals surface area contributed by atoms with Crippen molar-refractivity contribution in [1.82, 2.24) is 4.98 Å². The molecule has 0 fully saturated rings. The van der Waals surface area contributed by atoms with Crippen LogP contribution in [0.5, 0.6) is 5.75 Å². The zero-order chi connectivity index (χ0) is 13.2. The minimum Gasteiger partial charge on any atom is -0.497 e. The summed E-state index contributed by atoms with van der Waals surface area (Å²) in [6.07, 6.45) is 6.05. The zero-order valence-corrected chi connectivity index (χ0v) is 10.6. The van der Waals surface area contributed by atoms with Crippen LogP contribution in [0.3, 0.4) is 0 Å². The predicted octanol–water partition coefficient (Wildman–Crippen LogP) is 2.91. The van der Waals surface area contributed by atoms with Gasteiger partial charge in [0.1, 0.15) is 5.75 Å². The van der Waals surface area contributed by atoms with E-state index in [0.717, 1.165) is 28.0 Å². The third-order valence-corrected chi connectivity index (χ3v) is 3.26. The van der Waals surface area contributed by atoms with Gasteiger partial charge >= 0.3 is 0 Å². The van der Waals surface area contributed by atoms with Crippen molar-refractivity contribution in [3.05, 3.63) is 65.0 Å². The quantitative estimate of drug-likeness (QED) is 0.770. The number of Topliss-reactive ketones (excluding diaryl/α,β-unsaturated/α-hetero) is 1. The van der Waals surface area contributed by atoms with E-state index in [1.54, 1.807) is 19.5 Å². The van der Waals surface area contributed by atoms with Crippen LogP contribution in [0.1, 0.15) is 21.5 Å². The molecule has 0 saturated carbocycles. The lowest BCUT2D eigenvalue weighted by molar-refractivity contribution is 0.104. The summed E-state index contributed by atoms with van der Waals surface area (Å²) >= 11 is 0. The molecule has 19 heavy (non-hydrogen) atoms. The number of aromatic nitrogens is 1. The topological polar surface area (TPSA) is 39.2 Å². The molecule has 1 aliphatic rings. The normalized spacial score (nSPS) is 15.6. The maximum absolute atomic E-state index is 12.3. The highest BCUT2D eigenvalue weighted by atomic mass is 16.5. The van der Waals surface area contributed by atoms with Crippen molar-refractivity contribution in [2.24, 2.45) is 0 Å². The number of pyridine rings is 1. The Kier molecular flexibility index (Phi) is 2.88. The minimum absolute atomic E-state index is 0.0813. The van der Waals surface area contributed by atoms with Gasteiger partial charge in [0.2, 0.25) is 0 Å². The van der Waals surface area contributed by atoms with E-state index in [4.69, 9.17) is 4.74 Å². The fourth-order valence-corrected chi connectivity index (χ4v) is 2.29. The van der Waals surface area contributed by atoms with Crippen LogP contribution in [-0.4, -0.2) is 17.9 Å². The molecule has 3 heteroatoms. The molecule has 94 valence electrons. The van der Waals surface area contributed by atoms with Crippen molar-refractivity contribution in [1.29, 1.82) is 0 Å². The Morgan fingerprint density at radius 2 is 2.21 bits per heavy atom. The van der Waals surface area contributed by atoms with Crippen LogP contribution in [0, 0.1) is 0 Å². The molecule has 1 aliphatic carbocycles. The largest absolute Gasteiger partial charge is 0.497 e. The molecule has 0 saturated heterocycles. The monoisotopic (exact) mass is 251 g/mol. The van der Waals surface area contributed by atoms with Gasteiger partial charge in [0.05, 0.1) is 7.11 Å². The number of fused-ring (bicyclic) bond motifs is 1. The molecule has 0 spiro atoms. The Bertz CT molecular complexity index is 660. The second-order valence-electron chi connectivity index (χ2n) is 4.48. The van der Waals surface area contributed by atoms with Gasteiger partial charge in [0.25, 0.3) is 0 Å². The highest BCUT2D eigenvalue weighted by molar-refractivity contribution is 6.15. The van der Waals surface area contributed by atoms with E-state index in [1.165, 1.54) is 0 Å². The molecular formula is C16H13NO2. The fourth-order valence-electron chi connectivity index (χ4n) is 2.29. The van der Waals surface area contributed by atoms with Gasteiger partial charge in [0.15, 0.2) is 5.78 Å². The van der Waals surface area contributed by atoms with Gasteiger partial charge < -0.3 is 4.74 Å². The number of benzene rings is 1. The smallest absolute Gasteiger partial charge is 0.189 e. The Morgan fingerprint density at radius 3 is 2.95 bits per heavy atom. The number of ether oxygens (including phenoxy) is 1. The van der Waals surface area contributed by atoms with Crippen molar-refractivity contribution in [2.45, 2.75) is 6.42 Å². The number of hydrogen-bond donors (Lipinski definition) is 0. The summed E-state index contributed by atoms with van der Waals surface area (Å²) in [5.41, 5.74) is 3.55. The number of ketones is 1. The number of nitrogens with zero attached hydrogens (tertiary/aromatic N) is 1. The number of carbonyl (C=O) groups is 1. The van der Waals surface area contributed by atoms with Crippen molar-refractivity contribution < 1.29 is 9.53 Å². The molecule has 2 aromatic rings. The summed E-state index contributed by atoms with van der Waals surface area (Å²) in [7, 11) is 1.60. The van der Waals surface area contributed by atoms with E-state index < -0.39 is 0 Å². The molecule has 0 atom stereocenters. The number of rotatable bonds is 2. The molecule has 3 rings (SSSR count). The summed E-state index contributed by atoms with van der Waals surface area (Å²) in [4.78, 5) is 16.4. The van der Waals surface area contributed by atoms with Crippen molar-refractivity contribution in [3.63, 3.8) is 0 Å². The summed E-state index contributed by atoms with van der Waals surface area (Å²) in [6, 6.07) is 9.45. The Labute approximate surface area is 111 Å². The number of carbonyl (C=O) groups excluding carboxylic acids is 1. The van der Waals surface area contributed by atoms with E-state index in [0.29, 0.717) is 6.42 Å². The van der Waals surface area contributed by atoms with Gasteiger partial charge in [-0.15, -0.1) is 0 Å². The van der Waals surface area contributed by atoms with Crippen LogP contribution in [0.25, 0.3) is 6.08 Å². The molecular weight excluding hydrogens is 238 g/mol. The molecule has 0 aliphatic heterocycles. The van der Waals surface area contributed by atoms with Crippen LogP contribution < -0.4 is 4.74 Å². The number of methoxy groups -OCH3 is 1. The zero-order valence-electron chi connectivity index (χ0n) is 10.6. The standard InChI is InChI=1S/C16H13NO2/c1-19-14-5-4-12-8-13(16(18)15(12)9-14)7-11-3-2-6-17-10-11/h2-7,9-10H,8H2,1H3. The van der Waals surface area contributed by atoms with Crippen LogP contribution in [0.15, 0.2) is 48.3 Å². The molecule has 1 aromatic carbocycles. The highest BCUT2D eigenvalue weighted by Gasteiger charge is 2.25. The fraction of sp³-hybridized carbons (Fsp3) is 0.125. The molecule has 1 aromatic heterocycles. The van der Waals surface area contributed by atoms with Crippen LogP contribution in [0.4, 0.5) is 0 Å². The minimum atomic E-state index is 0.0813. The van der Waals surface area contributed by atoms with Gasteiger partial charge in [-0.3, -0.25) is 9.78 Å². The van der Waals surface area contributed by atoms with Gasteiger partial charge in [-0.25, -0.2) is 0 Å². The first-order chi connectivity index (χ1) is 9.28. The van der Waals surface area contributed by atoms with E-state index in [9.17, 15) is 4.79 Å². The van der Waals surface area contributed by atoms with Crippen molar-refractivity contribution in [3.8, 4) is 5.75 Å². The molecule has 0 radical (unpaired) electrons. The van der Waals surface area contributed by atoms with Crippen LogP contribution in [-0.2, 0) is 6.42 Å². The summed E-state index contributed by atoms with van der Waals surface area (Å²) < 4.78 is 5.16. The third-order valence-electron chi connectivity index (χ3n) is 3.26. The lowest BCUT2D eigenvalue weighted by Crippen LogP contribution is -1.96. The van der Waals surface area contributed by atoms with Gasteiger partial charge in [0, 0.05) is 30.0 Å². The molecule has 0 bridgehead atoms. The van der Waals surface area contributed by atoms with Crippen LogP contribution in [0.2, 0.25) is 0 Å². The highest BCUT2D eigenvalue weighted by Crippen LogP contribution is 2.30. The molecule has 0 amide bonds. The first-order valence-corrected chi connectivity index (χ1v) is 6.10. The van der Waals surface area contributed by atoms with Gasteiger partial charge in [-0.05, 0) is 35.4 Å². The number of allylic oxidation sites excluding steroid dienone is 1. The third kappa shape index (κ3) is 2.15. The number of hydrogen-bond acceptors (Lipinski definition) is 3. The second-order valence-corrected chi connectivity index (χ2v) is 4.48. The summed E-state index contributed by atoms with van der Waals surface area (Å²) in [5, 5.41) is 0. The van der Waals surface area contributed by atoms with Gasteiger partial charge in [-0.1, -0.05) is 12.1 Å². The maximum Gasteiger partial charge on any atom is 0.189 e. The Morgan fingerprint density at radius 1 is 1.32 bits per heavy atom. The lowest BCUT2D eigenvalue weighted by atomic mass is 10.1. The van der Waals surface area contributed by atoms with E-state index in [-0.39, 0.29) is 5.78 Å². The predicted molar refractivity (Wildman–Crippen MR) is 73.2 cm³/mol. The Hall–Kier alpha value is -2.42. The molecule has 3 nitrogen and oxygen atoms in total.